The summed E-state index contributed by atoms with van der Waals surface area (Å²) in [6, 6.07) is 12.3. The molecule has 0 fully saturated rings. The zero-order chi connectivity index (χ0) is 13.9. The Labute approximate surface area is 107 Å². The quantitative estimate of drug-likeness (QED) is 0.783. The molecule has 0 radical (unpaired) electrons. The number of aldehydes is 1. The van der Waals surface area contributed by atoms with Crippen molar-refractivity contribution in [3.63, 3.8) is 0 Å². The zero-order valence-corrected chi connectivity index (χ0v) is 9.65. The van der Waals surface area contributed by atoms with Gasteiger partial charge in [-0.05, 0) is 23.3 Å². The molecule has 0 saturated heterocycles. The molecule has 0 atom stereocenters. The van der Waals surface area contributed by atoms with E-state index in [9.17, 15) is 18.0 Å². The topological polar surface area (TPSA) is 26.3 Å². The highest BCUT2D eigenvalue weighted by molar-refractivity contribution is 5.76. The van der Waals surface area contributed by atoms with Crippen LogP contribution in [-0.2, 0) is 0 Å². The summed E-state index contributed by atoms with van der Waals surface area (Å²) in [4.78, 5) is 10.5. The molecule has 0 bridgehead atoms. The molecule has 0 unspecified atom stereocenters. The van der Waals surface area contributed by atoms with E-state index in [1.807, 2.05) is 0 Å². The predicted molar refractivity (Wildman–Crippen MR) is 63.9 cm³/mol. The minimum Gasteiger partial charge on any atom is -0.406 e. The maximum Gasteiger partial charge on any atom is 0.573 e. The third-order valence-corrected chi connectivity index (χ3v) is 2.47. The zero-order valence-electron chi connectivity index (χ0n) is 9.65. The first-order valence-corrected chi connectivity index (χ1v) is 5.39. The van der Waals surface area contributed by atoms with E-state index in [1.54, 1.807) is 24.3 Å². The van der Waals surface area contributed by atoms with Crippen LogP contribution in [0.5, 0.6) is 5.75 Å². The minimum atomic E-state index is -4.69. The van der Waals surface area contributed by atoms with Crippen molar-refractivity contribution in [2.24, 2.45) is 0 Å². The van der Waals surface area contributed by atoms with Crippen LogP contribution in [0.4, 0.5) is 13.2 Å². The lowest BCUT2D eigenvalue weighted by Crippen LogP contribution is -2.16. The Kier molecular flexibility index (Phi) is 3.55. The second kappa shape index (κ2) is 5.14. The first-order valence-electron chi connectivity index (χ1n) is 5.39. The van der Waals surface area contributed by atoms with Gasteiger partial charge in [0.05, 0.1) is 0 Å². The highest BCUT2D eigenvalue weighted by Gasteiger charge is 2.30. The average Bonchev–Trinajstić information content (AvgIpc) is 2.38. The van der Waals surface area contributed by atoms with Crippen molar-refractivity contribution in [2.75, 3.05) is 0 Å². The van der Waals surface area contributed by atoms with Gasteiger partial charge in [-0.15, -0.1) is 13.2 Å². The third-order valence-electron chi connectivity index (χ3n) is 2.47. The first kappa shape index (κ1) is 13.1. The van der Waals surface area contributed by atoms with Gasteiger partial charge >= 0.3 is 6.36 Å². The van der Waals surface area contributed by atoms with Crippen molar-refractivity contribution in [2.45, 2.75) is 6.36 Å². The number of hydrogen-bond acceptors (Lipinski definition) is 2. The molecule has 0 aromatic heterocycles. The van der Waals surface area contributed by atoms with Crippen LogP contribution in [0.15, 0.2) is 48.5 Å². The molecular formula is C14H9F3O2. The van der Waals surface area contributed by atoms with Crippen molar-refractivity contribution < 1.29 is 22.7 Å². The summed E-state index contributed by atoms with van der Waals surface area (Å²) in [6.45, 7) is 0. The fraction of sp³-hybridized carbons (Fsp3) is 0.0714. The number of rotatable bonds is 3. The molecule has 0 spiro atoms. The Morgan fingerprint density at radius 2 is 1.32 bits per heavy atom. The standard InChI is InChI=1S/C14H9F3O2/c15-14(16,17)19-13-7-5-12(6-8-13)11-3-1-10(9-18)2-4-11/h1-9H. The second-order valence-corrected chi connectivity index (χ2v) is 3.81. The summed E-state index contributed by atoms with van der Waals surface area (Å²) >= 11 is 0. The van der Waals surface area contributed by atoms with E-state index in [4.69, 9.17) is 0 Å². The molecule has 2 aromatic carbocycles. The minimum absolute atomic E-state index is 0.263. The van der Waals surface area contributed by atoms with Crippen molar-refractivity contribution in [1.29, 1.82) is 0 Å². The van der Waals surface area contributed by atoms with Gasteiger partial charge < -0.3 is 4.74 Å². The van der Waals surface area contributed by atoms with Crippen LogP contribution in [0.3, 0.4) is 0 Å². The normalized spacial score (nSPS) is 11.1. The molecule has 0 aliphatic heterocycles. The van der Waals surface area contributed by atoms with Gasteiger partial charge in [0.25, 0.3) is 0 Å². The molecule has 98 valence electrons. The number of carbonyl (C=O) groups is 1. The van der Waals surface area contributed by atoms with Crippen LogP contribution in [0.2, 0.25) is 0 Å². The predicted octanol–water partition coefficient (Wildman–Crippen LogP) is 4.06. The van der Waals surface area contributed by atoms with Crippen molar-refractivity contribution in [3.05, 3.63) is 54.1 Å². The van der Waals surface area contributed by atoms with Gasteiger partial charge in [-0.3, -0.25) is 4.79 Å². The van der Waals surface area contributed by atoms with Crippen LogP contribution in [0.1, 0.15) is 10.4 Å². The fourth-order valence-electron chi connectivity index (χ4n) is 1.60. The van der Waals surface area contributed by atoms with Gasteiger partial charge in [-0.1, -0.05) is 36.4 Å². The summed E-state index contributed by atoms with van der Waals surface area (Å²) in [5.74, 6) is -0.263. The highest BCUT2D eigenvalue weighted by atomic mass is 19.4. The fourth-order valence-corrected chi connectivity index (χ4v) is 1.60. The summed E-state index contributed by atoms with van der Waals surface area (Å²) in [6.07, 6.45) is -3.96. The summed E-state index contributed by atoms with van der Waals surface area (Å²) in [5.41, 5.74) is 2.09. The van der Waals surface area contributed by atoms with Crippen molar-refractivity contribution >= 4 is 6.29 Å². The Hall–Kier alpha value is -2.30. The number of ether oxygens (including phenoxy) is 1. The second-order valence-electron chi connectivity index (χ2n) is 3.81. The molecule has 0 aliphatic rings. The Morgan fingerprint density at radius 3 is 1.74 bits per heavy atom. The summed E-state index contributed by atoms with van der Waals surface area (Å²) in [7, 11) is 0. The monoisotopic (exact) mass is 266 g/mol. The maximum atomic E-state index is 12.0. The van der Waals surface area contributed by atoms with E-state index in [2.05, 4.69) is 4.74 Å². The number of carbonyl (C=O) groups excluding carboxylic acids is 1. The van der Waals surface area contributed by atoms with Crippen LogP contribution in [0, 0.1) is 0 Å². The molecule has 0 heterocycles. The molecule has 2 aromatic rings. The van der Waals surface area contributed by atoms with Gasteiger partial charge in [0.1, 0.15) is 12.0 Å². The molecule has 2 rings (SSSR count). The molecule has 2 nitrogen and oxygen atoms in total. The highest BCUT2D eigenvalue weighted by Crippen LogP contribution is 2.26. The van der Waals surface area contributed by atoms with Gasteiger partial charge in [-0.2, -0.15) is 0 Å². The largest absolute Gasteiger partial charge is 0.573 e. The van der Waals surface area contributed by atoms with Crippen LogP contribution < -0.4 is 4.74 Å². The van der Waals surface area contributed by atoms with Gasteiger partial charge in [0, 0.05) is 5.56 Å². The van der Waals surface area contributed by atoms with Gasteiger partial charge in [0.15, 0.2) is 0 Å². The summed E-state index contributed by atoms with van der Waals surface area (Å²) < 4.78 is 39.8. The lowest BCUT2D eigenvalue weighted by Gasteiger charge is -2.09. The van der Waals surface area contributed by atoms with E-state index in [0.29, 0.717) is 5.56 Å². The lowest BCUT2D eigenvalue weighted by molar-refractivity contribution is -0.274. The maximum absolute atomic E-state index is 12.0. The average molecular weight is 266 g/mol. The number of benzene rings is 2. The molecule has 5 heteroatoms. The smallest absolute Gasteiger partial charge is 0.406 e. The van der Waals surface area contributed by atoms with Crippen molar-refractivity contribution in [3.8, 4) is 16.9 Å². The van der Waals surface area contributed by atoms with Crippen molar-refractivity contribution in [1.82, 2.24) is 0 Å². The van der Waals surface area contributed by atoms with E-state index in [0.717, 1.165) is 17.4 Å². The Bertz CT molecular complexity index is 557. The van der Waals surface area contributed by atoms with E-state index in [-0.39, 0.29) is 5.75 Å². The molecule has 0 amide bonds. The van der Waals surface area contributed by atoms with Gasteiger partial charge in [-0.25, -0.2) is 0 Å². The molecule has 0 saturated carbocycles. The molecule has 19 heavy (non-hydrogen) atoms. The molecule has 0 aliphatic carbocycles. The van der Waals surface area contributed by atoms with Crippen LogP contribution >= 0.6 is 0 Å². The van der Waals surface area contributed by atoms with Crippen LogP contribution in [-0.4, -0.2) is 12.6 Å². The van der Waals surface area contributed by atoms with E-state index >= 15 is 0 Å². The molecular weight excluding hydrogens is 257 g/mol. The number of hydrogen-bond donors (Lipinski definition) is 0. The van der Waals surface area contributed by atoms with Gasteiger partial charge in [0.2, 0.25) is 0 Å². The van der Waals surface area contributed by atoms with E-state index < -0.39 is 6.36 Å². The number of alkyl halides is 3. The lowest BCUT2D eigenvalue weighted by atomic mass is 10.0. The Balaban J connectivity index is 2.19. The third kappa shape index (κ3) is 3.58. The van der Waals surface area contributed by atoms with E-state index in [1.165, 1.54) is 24.3 Å². The number of halogens is 3. The Morgan fingerprint density at radius 1 is 0.842 bits per heavy atom. The summed E-state index contributed by atoms with van der Waals surface area (Å²) in [5, 5.41) is 0. The van der Waals surface area contributed by atoms with Crippen LogP contribution in [0.25, 0.3) is 11.1 Å². The SMILES string of the molecule is O=Cc1ccc(-c2ccc(OC(F)(F)F)cc2)cc1. The first-order chi connectivity index (χ1) is 8.98. The molecule has 0 N–H and O–H groups in total.